The molecule has 1 aliphatic rings. The molecular formula is C11H22N2O3. The highest BCUT2D eigenvalue weighted by Crippen LogP contribution is 2.12. The monoisotopic (exact) mass is 230 g/mol. The summed E-state index contributed by atoms with van der Waals surface area (Å²) in [6, 6.07) is -0.183. The van der Waals surface area contributed by atoms with Crippen molar-refractivity contribution in [3.8, 4) is 0 Å². The molecule has 1 unspecified atom stereocenters. The highest BCUT2D eigenvalue weighted by molar-refractivity contribution is 5.82. The van der Waals surface area contributed by atoms with Crippen LogP contribution < -0.4 is 10.6 Å². The number of aliphatic hydroxyl groups is 2. The maximum atomic E-state index is 11.9. The molecule has 0 spiro atoms. The second kappa shape index (κ2) is 6.18. The Balaban J connectivity index is 2.53. The number of amides is 1. The second-order valence-corrected chi connectivity index (χ2v) is 4.44. The maximum absolute atomic E-state index is 11.9. The van der Waals surface area contributed by atoms with Gasteiger partial charge in [0.2, 0.25) is 5.91 Å². The molecule has 1 atom stereocenters. The minimum atomic E-state index is -0.879. The van der Waals surface area contributed by atoms with Gasteiger partial charge in [0.25, 0.3) is 0 Å². The number of nitrogens with one attached hydrogen (secondary N) is 2. The van der Waals surface area contributed by atoms with Gasteiger partial charge in [0, 0.05) is 0 Å². The summed E-state index contributed by atoms with van der Waals surface area (Å²) in [6.07, 6.45) is 3.48. The quantitative estimate of drug-likeness (QED) is 0.507. The van der Waals surface area contributed by atoms with Crippen LogP contribution in [0.4, 0.5) is 0 Å². The fourth-order valence-electron chi connectivity index (χ4n) is 1.87. The average Bonchev–Trinajstić information content (AvgIpc) is 2.37. The van der Waals surface area contributed by atoms with E-state index >= 15 is 0 Å². The first kappa shape index (κ1) is 13.4. The van der Waals surface area contributed by atoms with Crippen molar-refractivity contribution in [2.75, 3.05) is 19.8 Å². The van der Waals surface area contributed by atoms with Gasteiger partial charge in [0.1, 0.15) is 0 Å². The molecule has 0 aliphatic carbocycles. The molecule has 1 aliphatic heterocycles. The molecule has 1 heterocycles. The van der Waals surface area contributed by atoms with Gasteiger partial charge in [-0.3, -0.25) is 4.79 Å². The molecule has 1 rings (SSSR count). The Morgan fingerprint density at radius 1 is 1.44 bits per heavy atom. The molecule has 5 heteroatoms. The second-order valence-electron chi connectivity index (χ2n) is 4.44. The van der Waals surface area contributed by atoms with Crippen LogP contribution in [-0.4, -0.2) is 47.5 Å². The summed E-state index contributed by atoms with van der Waals surface area (Å²) in [5, 5.41) is 24.3. The van der Waals surface area contributed by atoms with Crippen molar-refractivity contribution in [2.24, 2.45) is 0 Å². The Morgan fingerprint density at radius 2 is 2.12 bits per heavy atom. The van der Waals surface area contributed by atoms with E-state index in [1.54, 1.807) is 0 Å². The lowest BCUT2D eigenvalue weighted by Crippen LogP contribution is -2.59. The van der Waals surface area contributed by atoms with Gasteiger partial charge >= 0.3 is 0 Å². The molecule has 0 aromatic rings. The molecule has 0 saturated carbocycles. The van der Waals surface area contributed by atoms with Gasteiger partial charge < -0.3 is 20.8 Å². The summed E-state index contributed by atoms with van der Waals surface area (Å²) < 4.78 is 0. The third-order valence-corrected chi connectivity index (χ3v) is 3.30. The van der Waals surface area contributed by atoms with Crippen molar-refractivity contribution in [1.29, 1.82) is 0 Å². The van der Waals surface area contributed by atoms with Gasteiger partial charge in [-0.2, -0.15) is 0 Å². The minimum Gasteiger partial charge on any atom is -0.394 e. The van der Waals surface area contributed by atoms with Gasteiger partial charge in [-0.25, -0.2) is 0 Å². The van der Waals surface area contributed by atoms with E-state index in [0.717, 1.165) is 25.8 Å². The van der Waals surface area contributed by atoms with Crippen LogP contribution in [0.2, 0.25) is 0 Å². The summed E-state index contributed by atoms with van der Waals surface area (Å²) in [5.41, 5.74) is -0.879. The van der Waals surface area contributed by atoms with Crippen molar-refractivity contribution >= 4 is 5.91 Å². The van der Waals surface area contributed by atoms with E-state index < -0.39 is 5.54 Å². The number of aliphatic hydroxyl groups excluding tert-OH is 2. The third kappa shape index (κ3) is 3.17. The number of carbonyl (C=O) groups excluding carboxylic acids is 1. The summed E-state index contributed by atoms with van der Waals surface area (Å²) in [4.78, 5) is 11.9. The third-order valence-electron chi connectivity index (χ3n) is 3.30. The molecule has 94 valence electrons. The van der Waals surface area contributed by atoms with E-state index in [9.17, 15) is 15.0 Å². The zero-order valence-electron chi connectivity index (χ0n) is 9.83. The van der Waals surface area contributed by atoms with E-state index in [0.29, 0.717) is 6.42 Å². The molecule has 0 aromatic carbocycles. The Kier molecular flexibility index (Phi) is 5.18. The van der Waals surface area contributed by atoms with Crippen LogP contribution in [0.3, 0.4) is 0 Å². The Labute approximate surface area is 96.2 Å². The normalized spacial score (nSPS) is 21.8. The summed E-state index contributed by atoms with van der Waals surface area (Å²) >= 11 is 0. The van der Waals surface area contributed by atoms with E-state index in [1.165, 1.54) is 0 Å². The van der Waals surface area contributed by atoms with Crippen molar-refractivity contribution < 1.29 is 15.0 Å². The largest absolute Gasteiger partial charge is 0.394 e. The number of piperidine rings is 1. The molecule has 1 fully saturated rings. The standard InChI is InChI=1S/C11H22N2O3/c1-2-11(7-14,8-15)13-10(16)9-5-3-4-6-12-9/h9,12,14-15H,2-8H2,1H3,(H,13,16). The fraction of sp³-hybridized carbons (Fsp3) is 0.909. The van der Waals surface area contributed by atoms with Crippen LogP contribution in [0.5, 0.6) is 0 Å². The molecule has 0 bridgehead atoms. The number of rotatable bonds is 5. The molecule has 1 amide bonds. The predicted molar refractivity (Wildman–Crippen MR) is 61.0 cm³/mol. The van der Waals surface area contributed by atoms with Crippen LogP contribution >= 0.6 is 0 Å². The first-order valence-electron chi connectivity index (χ1n) is 5.94. The van der Waals surface area contributed by atoms with E-state index in [-0.39, 0.29) is 25.2 Å². The smallest absolute Gasteiger partial charge is 0.237 e. The Bertz CT molecular complexity index is 215. The molecule has 0 radical (unpaired) electrons. The van der Waals surface area contributed by atoms with Crippen molar-refractivity contribution in [2.45, 2.75) is 44.2 Å². The van der Waals surface area contributed by atoms with Gasteiger partial charge in [0.15, 0.2) is 0 Å². The fourth-order valence-corrected chi connectivity index (χ4v) is 1.87. The van der Waals surface area contributed by atoms with Crippen LogP contribution in [0.25, 0.3) is 0 Å². The topological polar surface area (TPSA) is 81.6 Å². The molecule has 5 nitrogen and oxygen atoms in total. The van der Waals surface area contributed by atoms with Gasteiger partial charge in [-0.1, -0.05) is 13.3 Å². The summed E-state index contributed by atoms with van der Waals surface area (Å²) in [6.45, 7) is 2.22. The molecule has 0 aromatic heterocycles. The summed E-state index contributed by atoms with van der Waals surface area (Å²) in [7, 11) is 0. The minimum absolute atomic E-state index is 0.121. The van der Waals surface area contributed by atoms with Gasteiger partial charge in [-0.05, 0) is 25.8 Å². The zero-order valence-corrected chi connectivity index (χ0v) is 9.83. The Hall–Kier alpha value is -0.650. The van der Waals surface area contributed by atoms with E-state index in [1.807, 2.05) is 6.92 Å². The van der Waals surface area contributed by atoms with Crippen LogP contribution in [0.15, 0.2) is 0 Å². The highest BCUT2D eigenvalue weighted by atomic mass is 16.3. The first-order valence-corrected chi connectivity index (χ1v) is 5.94. The van der Waals surface area contributed by atoms with E-state index in [2.05, 4.69) is 10.6 Å². The van der Waals surface area contributed by atoms with Crippen LogP contribution in [0, 0.1) is 0 Å². The average molecular weight is 230 g/mol. The molecule has 16 heavy (non-hydrogen) atoms. The van der Waals surface area contributed by atoms with Crippen molar-refractivity contribution in [3.05, 3.63) is 0 Å². The lowest BCUT2D eigenvalue weighted by Gasteiger charge is -2.32. The van der Waals surface area contributed by atoms with E-state index in [4.69, 9.17) is 0 Å². The molecular weight excluding hydrogens is 208 g/mol. The lowest BCUT2D eigenvalue weighted by molar-refractivity contribution is -0.127. The summed E-state index contributed by atoms with van der Waals surface area (Å²) in [5.74, 6) is -0.121. The lowest BCUT2D eigenvalue weighted by atomic mass is 9.96. The van der Waals surface area contributed by atoms with Gasteiger partial charge in [-0.15, -0.1) is 0 Å². The number of hydrogen-bond donors (Lipinski definition) is 4. The number of hydrogen-bond acceptors (Lipinski definition) is 4. The van der Waals surface area contributed by atoms with Gasteiger partial charge in [0.05, 0.1) is 24.8 Å². The number of carbonyl (C=O) groups is 1. The highest BCUT2D eigenvalue weighted by Gasteiger charge is 2.31. The zero-order chi connectivity index (χ0) is 12.0. The molecule has 1 saturated heterocycles. The van der Waals surface area contributed by atoms with Crippen LogP contribution in [0.1, 0.15) is 32.6 Å². The Morgan fingerprint density at radius 3 is 2.56 bits per heavy atom. The van der Waals surface area contributed by atoms with Crippen molar-refractivity contribution in [1.82, 2.24) is 10.6 Å². The molecule has 4 N–H and O–H groups in total. The van der Waals surface area contributed by atoms with Crippen LogP contribution in [-0.2, 0) is 4.79 Å². The SMILES string of the molecule is CCC(CO)(CO)NC(=O)C1CCCCN1. The van der Waals surface area contributed by atoms with Crippen molar-refractivity contribution in [3.63, 3.8) is 0 Å². The first-order chi connectivity index (χ1) is 7.67. The maximum Gasteiger partial charge on any atom is 0.237 e. The predicted octanol–water partition coefficient (Wildman–Crippen LogP) is -0.622.